The molecule has 2 rings (SSSR count). The van der Waals surface area contributed by atoms with Gasteiger partial charge in [0, 0.05) is 7.11 Å². The zero-order chi connectivity index (χ0) is 17.0. The number of amides is 1. The molecule has 23 heavy (non-hydrogen) atoms. The molecule has 1 aromatic heterocycles. The normalized spacial score (nSPS) is 11.4. The predicted molar refractivity (Wildman–Crippen MR) is 74.0 cm³/mol. The van der Waals surface area contributed by atoms with Crippen LogP contribution in [0.1, 0.15) is 22.1 Å². The number of primary sulfonamides is 1. The SMILES string of the molecule is COCc1nc(CNC(=O)c2cc(S(N)(=O)=O)ccc2F)no1. The van der Waals surface area contributed by atoms with Crippen LogP contribution in [-0.4, -0.2) is 31.6 Å². The smallest absolute Gasteiger partial charge is 0.254 e. The number of carbonyl (C=O) groups excluding carboxylic acids is 1. The van der Waals surface area contributed by atoms with Crippen molar-refractivity contribution in [2.75, 3.05) is 7.11 Å². The van der Waals surface area contributed by atoms with E-state index in [-0.39, 0.29) is 29.8 Å². The zero-order valence-corrected chi connectivity index (χ0v) is 12.8. The van der Waals surface area contributed by atoms with Crippen LogP contribution in [0.25, 0.3) is 0 Å². The van der Waals surface area contributed by atoms with Crippen LogP contribution in [0.15, 0.2) is 27.6 Å². The summed E-state index contributed by atoms with van der Waals surface area (Å²) in [6.45, 7) is -0.0168. The Labute approximate surface area is 130 Å². The first kappa shape index (κ1) is 17.0. The van der Waals surface area contributed by atoms with Gasteiger partial charge in [0.1, 0.15) is 12.4 Å². The summed E-state index contributed by atoms with van der Waals surface area (Å²) in [4.78, 5) is 15.5. The Kier molecular flexibility index (Phi) is 5.03. The van der Waals surface area contributed by atoms with E-state index in [9.17, 15) is 17.6 Å². The number of nitrogens with two attached hydrogens (primary N) is 1. The quantitative estimate of drug-likeness (QED) is 0.748. The zero-order valence-electron chi connectivity index (χ0n) is 11.9. The highest BCUT2D eigenvalue weighted by atomic mass is 32.2. The Hall–Kier alpha value is -2.37. The van der Waals surface area contributed by atoms with E-state index in [1.54, 1.807) is 0 Å². The summed E-state index contributed by atoms with van der Waals surface area (Å²) in [7, 11) is -2.59. The van der Waals surface area contributed by atoms with E-state index in [0.717, 1.165) is 18.2 Å². The van der Waals surface area contributed by atoms with Crippen LogP contribution in [0.4, 0.5) is 4.39 Å². The minimum Gasteiger partial charge on any atom is -0.375 e. The Morgan fingerprint density at radius 2 is 2.22 bits per heavy atom. The maximum Gasteiger partial charge on any atom is 0.254 e. The third kappa shape index (κ3) is 4.31. The van der Waals surface area contributed by atoms with Crippen LogP contribution in [0.3, 0.4) is 0 Å². The lowest BCUT2D eigenvalue weighted by molar-refractivity contribution is 0.0945. The summed E-state index contributed by atoms with van der Waals surface area (Å²) < 4.78 is 45.8. The summed E-state index contributed by atoms with van der Waals surface area (Å²) in [5.74, 6) is -1.35. The third-order valence-corrected chi connectivity index (χ3v) is 3.61. The molecule has 0 fully saturated rings. The number of methoxy groups -OCH3 is 1. The fourth-order valence-electron chi connectivity index (χ4n) is 1.65. The molecule has 0 unspecified atom stereocenters. The topological polar surface area (TPSA) is 137 Å². The standard InChI is InChI=1S/C12H13FN4O5S/c1-21-6-11-16-10(17-22-11)5-15-12(18)8-4-7(23(14,19)20)2-3-9(8)13/h2-4H,5-6H2,1H3,(H,15,18)(H2,14,19,20). The number of hydrogen-bond acceptors (Lipinski definition) is 7. The average molecular weight is 344 g/mol. The molecule has 0 aliphatic carbocycles. The predicted octanol–water partition coefficient (Wildman–Crippen LogP) is -0.0675. The van der Waals surface area contributed by atoms with Crippen molar-refractivity contribution in [2.24, 2.45) is 5.14 Å². The molecule has 0 atom stereocenters. The van der Waals surface area contributed by atoms with Gasteiger partial charge in [0.2, 0.25) is 10.0 Å². The van der Waals surface area contributed by atoms with Crippen LogP contribution in [0, 0.1) is 5.82 Å². The number of benzene rings is 1. The molecule has 0 spiro atoms. The van der Waals surface area contributed by atoms with Crippen molar-refractivity contribution in [3.8, 4) is 0 Å². The van der Waals surface area contributed by atoms with Crippen LogP contribution in [0.2, 0.25) is 0 Å². The number of rotatable bonds is 6. The molecule has 1 amide bonds. The summed E-state index contributed by atoms with van der Waals surface area (Å²) in [5.41, 5.74) is -0.461. The Bertz CT molecular complexity index is 821. The molecule has 0 saturated carbocycles. The first-order valence-electron chi connectivity index (χ1n) is 6.22. The van der Waals surface area contributed by atoms with Gasteiger partial charge in [0.05, 0.1) is 17.0 Å². The summed E-state index contributed by atoms with van der Waals surface area (Å²) in [5, 5.41) is 10.9. The van der Waals surface area contributed by atoms with E-state index >= 15 is 0 Å². The molecule has 2 aromatic rings. The van der Waals surface area contributed by atoms with Gasteiger partial charge < -0.3 is 14.6 Å². The first-order valence-corrected chi connectivity index (χ1v) is 7.77. The molecular weight excluding hydrogens is 331 g/mol. The maximum absolute atomic E-state index is 13.7. The fraction of sp³-hybridized carbons (Fsp3) is 0.250. The first-order chi connectivity index (χ1) is 10.8. The molecule has 1 heterocycles. The van der Waals surface area contributed by atoms with Crippen LogP contribution in [-0.2, 0) is 27.9 Å². The average Bonchev–Trinajstić information content (AvgIpc) is 2.92. The summed E-state index contributed by atoms with van der Waals surface area (Å²) in [6, 6.07) is 2.67. The summed E-state index contributed by atoms with van der Waals surface area (Å²) in [6.07, 6.45) is 0. The second kappa shape index (κ2) is 6.81. The molecule has 0 radical (unpaired) electrons. The molecule has 9 nitrogen and oxygen atoms in total. The van der Waals surface area contributed by atoms with Crippen molar-refractivity contribution in [3.05, 3.63) is 41.3 Å². The van der Waals surface area contributed by atoms with Gasteiger partial charge in [-0.3, -0.25) is 4.79 Å². The number of nitrogens with zero attached hydrogens (tertiary/aromatic N) is 2. The third-order valence-electron chi connectivity index (χ3n) is 2.70. The Morgan fingerprint density at radius 3 is 2.87 bits per heavy atom. The molecule has 11 heteroatoms. The highest BCUT2D eigenvalue weighted by Crippen LogP contribution is 2.14. The van der Waals surface area contributed by atoms with Crippen LogP contribution in [0.5, 0.6) is 0 Å². The molecule has 1 aromatic carbocycles. The number of ether oxygens (including phenoxy) is 1. The van der Waals surface area contributed by atoms with E-state index < -0.39 is 27.3 Å². The minimum absolute atomic E-state index is 0.117. The van der Waals surface area contributed by atoms with E-state index in [2.05, 4.69) is 15.5 Å². The molecule has 3 N–H and O–H groups in total. The van der Waals surface area contributed by atoms with Crippen LogP contribution >= 0.6 is 0 Å². The Morgan fingerprint density at radius 1 is 1.48 bits per heavy atom. The van der Waals surface area contributed by atoms with Crippen molar-refractivity contribution in [3.63, 3.8) is 0 Å². The lowest BCUT2D eigenvalue weighted by Gasteiger charge is -2.06. The van der Waals surface area contributed by atoms with Gasteiger partial charge in [-0.1, -0.05) is 5.16 Å². The van der Waals surface area contributed by atoms with Gasteiger partial charge in [-0.25, -0.2) is 17.9 Å². The number of sulfonamides is 1. The minimum atomic E-state index is -4.05. The van der Waals surface area contributed by atoms with E-state index in [1.165, 1.54) is 7.11 Å². The molecular formula is C12H13FN4O5S. The van der Waals surface area contributed by atoms with Crippen molar-refractivity contribution < 1.29 is 26.9 Å². The maximum atomic E-state index is 13.7. The highest BCUT2D eigenvalue weighted by Gasteiger charge is 2.17. The monoisotopic (exact) mass is 344 g/mol. The number of halogens is 1. The lowest BCUT2D eigenvalue weighted by Crippen LogP contribution is -2.25. The van der Waals surface area contributed by atoms with Crippen molar-refractivity contribution in [2.45, 2.75) is 18.0 Å². The molecule has 0 bridgehead atoms. The second-order valence-corrected chi connectivity index (χ2v) is 5.97. The largest absolute Gasteiger partial charge is 0.375 e. The van der Waals surface area contributed by atoms with Gasteiger partial charge >= 0.3 is 0 Å². The number of hydrogen-bond donors (Lipinski definition) is 2. The Balaban J connectivity index is 2.11. The molecule has 124 valence electrons. The second-order valence-electron chi connectivity index (χ2n) is 4.41. The van der Waals surface area contributed by atoms with Gasteiger partial charge in [0.15, 0.2) is 5.82 Å². The molecule has 0 aliphatic rings. The van der Waals surface area contributed by atoms with Crippen molar-refractivity contribution in [1.29, 1.82) is 0 Å². The van der Waals surface area contributed by atoms with Crippen LogP contribution < -0.4 is 10.5 Å². The molecule has 0 aliphatic heterocycles. The lowest BCUT2D eigenvalue weighted by atomic mass is 10.2. The van der Waals surface area contributed by atoms with Crippen molar-refractivity contribution >= 4 is 15.9 Å². The van der Waals surface area contributed by atoms with Gasteiger partial charge in [-0.05, 0) is 18.2 Å². The molecule has 0 saturated heterocycles. The van der Waals surface area contributed by atoms with Gasteiger partial charge in [-0.15, -0.1) is 0 Å². The number of nitrogens with one attached hydrogen (secondary N) is 1. The highest BCUT2D eigenvalue weighted by molar-refractivity contribution is 7.89. The van der Waals surface area contributed by atoms with Gasteiger partial charge in [-0.2, -0.15) is 4.98 Å². The van der Waals surface area contributed by atoms with E-state index in [4.69, 9.17) is 14.4 Å². The van der Waals surface area contributed by atoms with Gasteiger partial charge in [0.25, 0.3) is 11.8 Å². The van der Waals surface area contributed by atoms with Crippen molar-refractivity contribution in [1.82, 2.24) is 15.5 Å². The summed E-state index contributed by atoms with van der Waals surface area (Å²) >= 11 is 0. The van der Waals surface area contributed by atoms with E-state index in [1.807, 2.05) is 0 Å². The number of carbonyl (C=O) groups is 1. The fourth-order valence-corrected chi connectivity index (χ4v) is 2.19. The number of aromatic nitrogens is 2. The van der Waals surface area contributed by atoms with E-state index in [0.29, 0.717) is 0 Å².